The molecule has 0 bridgehead atoms. The number of aliphatic carboxylic acids is 1. The Morgan fingerprint density at radius 1 is 1.35 bits per heavy atom. The molecule has 0 saturated heterocycles. The van der Waals surface area contributed by atoms with Crippen molar-refractivity contribution in [3.8, 4) is 0 Å². The number of hydrogen-bond donors (Lipinski definition) is 1. The molecule has 1 atom stereocenters. The van der Waals surface area contributed by atoms with Crippen molar-refractivity contribution in [1.82, 2.24) is 10.2 Å². The zero-order valence-electron chi connectivity index (χ0n) is 9.33. The first-order valence-corrected chi connectivity index (χ1v) is 5.23. The third-order valence-electron chi connectivity index (χ3n) is 2.45. The van der Waals surface area contributed by atoms with Gasteiger partial charge in [-0.05, 0) is 5.56 Å². The molecule has 1 unspecified atom stereocenters. The van der Waals surface area contributed by atoms with E-state index in [-0.39, 0.29) is 6.42 Å². The van der Waals surface area contributed by atoms with Crippen LogP contribution in [0.3, 0.4) is 0 Å². The van der Waals surface area contributed by atoms with Crippen LogP contribution in [-0.4, -0.2) is 21.3 Å². The molecule has 5 heteroatoms. The second-order valence-corrected chi connectivity index (χ2v) is 3.72. The number of carboxylic acid groups (broad SMARTS) is 1. The smallest absolute Gasteiger partial charge is 0.311 e. The van der Waals surface area contributed by atoms with Gasteiger partial charge in [0.2, 0.25) is 11.8 Å². The largest absolute Gasteiger partial charge is 0.481 e. The Morgan fingerprint density at radius 3 is 2.59 bits per heavy atom. The highest BCUT2D eigenvalue weighted by molar-refractivity contribution is 5.76. The molecular formula is C12H12N2O3. The normalized spacial score (nSPS) is 12.3. The third kappa shape index (κ3) is 2.69. The van der Waals surface area contributed by atoms with Gasteiger partial charge in [-0.2, -0.15) is 0 Å². The molecule has 1 aromatic carbocycles. The van der Waals surface area contributed by atoms with Crippen molar-refractivity contribution in [3.05, 3.63) is 47.7 Å². The van der Waals surface area contributed by atoms with Gasteiger partial charge in [-0.15, -0.1) is 10.2 Å². The maximum atomic E-state index is 11.2. The van der Waals surface area contributed by atoms with Crippen LogP contribution in [0.5, 0.6) is 0 Å². The van der Waals surface area contributed by atoms with Crippen molar-refractivity contribution in [1.29, 1.82) is 0 Å². The molecular weight excluding hydrogens is 220 g/mol. The average molecular weight is 232 g/mol. The number of carbonyl (C=O) groups is 1. The maximum Gasteiger partial charge on any atom is 0.311 e. The van der Waals surface area contributed by atoms with Crippen LogP contribution in [0, 0.1) is 6.92 Å². The van der Waals surface area contributed by atoms with E-state index in [1.54, 1.807) is 19.1 Å². The highest BCUT2D eigenvalue weighted by Gasteiger charge is 2.22. The summed E-state index contributed by atoms with van der Waals surface area (Å²) in [6.07, 6.45) is 0.209. The Balaban J connectivity index is 2.22. The Morgan fingerprint density at radius 2 is 2.06 bits per heavy atom. The summed E-state index contributed by atoms with van der Waals surface area (Å²) in [6, 6.07) is 9.03. The molecule has 0 amide bonds. The summed E-state index contributed by atoms with van der Waals surface area (Å²) >= 11 is 0. The topological polar surface area (TPSA) is 76.2 Å². The Labute approximate surface area is 98.1 Å². The van der Waals surface area contributed by atoms with Crippen LogP contribution in [-0.2, 0) is 11.2 Å². The van der Waals surface area contributed by atoms with Gasteiger partial charge < -0.3 is 9.52 Å². The molecule has 2 rings (SSSR count). The van der Waals surface area contributed by atoms with Gasteiger partial charge in [-0.1, -0.05) is 30.3 Å². The van der Waals surface area contributed by atoms with Crippen molar-refractivity contribution < 1.29 is 14.3 Å². The lowest BCUT2D eigenvalue weighted by atomic mass is 9.96. The van der Waals surface area contributed by atoms with E-state index in [1.807, 2.05) is 18.2 Å². The molecule has 17 heavy (non-hydrogen) atoms. The van der Waals surface area contributed by atoms with Gasteiger partial charge >= 0.3 is 5.97 Å². The molecule has 0 aliphatic heterocycles. The monoisotopic (exact) mass is 232 g/mol. The van der Waals surface area contributed by atoms with Crippen molar-refractivity contribution in [2.75, 3.05) is 0 Å². The number of hydrogen-bond acceptors (Lipinski definition) is 4. The zero-order valence-corrected chi connectivity index (χ0v) is 9.33. The molecule has 5 nitrogen and oxygen atoms in total. The number of aromatic nitrogens is 2. The van der Waals surface area contributed by atoms with Crippen molar-refractivity contribution in [2.45, 2.75) is 19.3 Å². The summed E-state index contributed by atoms with van der Waals surface area (Å²) in [7, 11) is 0. The molecule has 0 spiro atoms. The Hall–Kier alpha value is -2.17. The van der Waals surface area contributed by atoms with Crippen molar-refractivity contribution >= 4 is 5.97 Å². The SMILES string of the molecule is Cc1nnc(CC(C(=O)O)c2ccccc2)o1. The lowest BCUT2D eigenvalue weighted by molar-refractivity contribution is -0.138. The number of benzene rings is 1. The minimum absolute atomic E-state index is 0.209. The molecule has 0 radical (unpaired) electrons. The molecule has 0 aliphatic rings. The fourth-order valence-corrected chi connectivity index (χ4v) is 1.63. The average Bonchev–Trinajstić information content (AvgIpc) is 2.73. The molecule has 1 heterocycles. The Kier molecular flexibility index (Phi) is 3.18. The van der Waals surface area contributed by atoms with E-state index < -0.39 is 11.9 Å². The van der Waals surface area contributed by atoms with Crippen LogP contribution in [0.25, 0.3) is 0 Å². The second-order valence-electron chi connectivity index (χ2n) is 3.72. The molecule has 0 aliphatic carbocycles. The lowest BCUT2D eigenvalue weighted by Crippen LogP contribution is -2.14. The van der Waals surface area contributed by atoms with Gasteiger partial charge in [0.1, 0.15) is 0 Å². The summed E-state index contributed by atoms with van der Waals surface area (Å²) in [5, 5.41) is 16.7. The van der Waals surface area contributed by atoms with E-state index in [1.165, 1.54) is 0 Å². The van der Waals surface area contributed by atoms with Crippen LogP contribution in [0.1, 0.15) is 23.3 Å². The number of nitrogens with zero attached hydrogens (tertiary/aromatic N) is 2. The van der Waals surface area contributed by atoms with Crippen LogP contribution in [0.2, 0.25) is 0 Å². The van der Waals surface area contributed by atoms with Gasteiger partial charge in [0.15, 0.2) is 0 Å². The molecule has 1 aromatic heterocycles. The van der Waals surface area contributed by atoms with Gasteiger partial charge in [-0.25, -0.2) is 0 Å². The van der Waals surface area contributed by atoms with Gasteiger partial charge in [-0.3, -0.25) is 4.79 Å². The number of carboxylic acids is 1. The summed E-state index contributed by atoms with van der Waals surface area (Å²) < 4.78 is 5.20. The van der Waals surface area contributed by atoms with Gasteiger partial charge in [0.05, 0.1) is 5.92 Å². The maximum absolute atomic E-state index is 11.2. The molecule has 0 fully saturated rings. The van der Waals surface area contributed by atoms with E-state index in [0.717, 1.165) is 5.56 Å². The standard InChI is InChI=1S/C12H12N2O3/c1-8-13-14-11(17-8)7-10(12(15)16)9-5-3-2-4-6-9/h2-6,10H,7H2,1H3,(H,15,16). The van der Waals surface area contributed by atoms with Crippen molar-refractivity contribution in [3.63, 3.8) is 0 Å². The van der Waals surface area contributed by atoms with Crippen LogP contribution in [0.4, 0.5) is 0 Å². The molecule has 1 N–H and O–H groups in total. The van der Waals surface area contributed by atoms with Gasteiger partial charge in [0.25, 0.3) is 0 Å². The quantitative estimate of drug-likeness (QED) is 0.869. The van der Waals surface area contributed by atoms with Crippen molar-refractivity contribution in [2.24, 2.45) is 0 Å². The first-order valence-electron chi connectivity index (χ1n) is 5.23. The predicted molar refractivity (Wildman–Crippen MR) is 59.6 cm³/mol. The van der Waals surface area contributed by atoms with E-state index >= 15 is 0 Å². The van der Waals surface area contributed by atoms with E-state index in [2.05, 4.69) is 10.2 Å². The second kappa shape index (κ2) is 4.78. The van der Waals surface area contributed by atoms with E-state index in [4.69, 9.17) is 4.42 Å². The van der Waals surface area contributed by atoms with Gasteiger partial charge in [0, 0.05) is 13.3 Å². The fourth-order valence-electron chi connectivity index (χ4n) is 1.63. The first-order chi connectivity index (χ1) is 8.16. The van der Waals surface area contributed by atoms with Crippen LogP contribution >= 0.6 is 0 Å². The van der Waals surface area contributed by atoms with Crippen LogP contribution < -0.4 is 0 Å². The third-order valence-corrected chi connectivity index (χ3v) is 2.45. The predicted octanol–water partition coefficient (Wildman–Crippen LogP) is 1.79. The highest BCUT2D eigenvalue weighted by atomic mass is 16.4. The molecule has 88 valence electrons. The minimum atomic E-state index is -0.896. The summed E-state index contributed by atoms with van der Waals surface area (Å²) in [6.45, 7) is 1.68. The summed E-state index contributed by atoms with van der Waals surface area (Å²) in [4.78, 5) is 11.2. The summed E-state index contributed by atoms with van der Waals surface area (Å²) in [5.41, 5.74) is 0.732. The lowest BCUT2D eigenvalue weighted by Gasteiger charge is -2.09. The number of aryl methyl sites for hydroxylation is 1. The minimum Gasteiger partial charge on any atom is -0.481 e. The van der Waals surface area contributed by atoms with E-state index in [0.29, 0.717) is 11.8 Å². The molecule has 0 saturated carbocycles. The highest BCUT2D eigenvalue weighted by Crippen LogP contribution is 2.20. The zero-order chi connectivity index (χ0) is 12.3. The first kappa shape index (κ1) is 11.3. The molecule has 2 aromatic rings. The Bertz CT molecular complexity index is 507. The van der Waals surface area contributed by atoms with Crippen LogP contribution in [0.15, 0.2) is 34.7 Å². The summed E-state index contributed by atoms with van der Waals surface area (Å²) in [5.74, 6) is -0.765. The van der Waals surface area contributed by atoms with E-state index in [9.17, 15) is 9.90 Å². The fraction of sp³-hybridized carbons (Fsp3) is 0.250. The number of rotatable bonds is 4.